The standard InChI is InChI=1S/C18H19ClN2O3/c1-13(22)21(11-14-3-5-15(19)6-4-14)12-18(23)20-16-7-9-17(24-2)10-8-16/h3-10H,11-12H2,1-2H3,(H,20,23). The minimum atomic E-state index is -0.260. The number of nitrogens with one attached hydrogen (secondary N) is 1. The Balaban J connectivity index is 1.97. The van der Waals surface area contributed by atoms with Crippen molar-refractivity contribution >= 4 is 29.1 Å². The van der Waals surface area contributed by atoms with Gasteiger partial charge in [-0.1, -0.05) is 23.7 Å². The van der Waals surface area contributed by atoms with Crippen LogP contribution in [-0.2, 0) is 16.1 Å². The fraction of sp³-hybridized carbons (Fsp3) is 0.222. The number of nitrogens with zero attached hydrogens (tertiary/aromatic N) is 1. The summed E-state index contributed by atoms with van der Waals surface area (Å²) in [5.41, 5.74) is 1.56. The molecule has 0 unspecified atom stereocenters. The fourth-order valence-electron chi connectivity index (χ4n) is 2.14. The third-order valence-corrected chi connectivity index (χ3v) is 3.69. The topological polar surface area (TPSA) is 58.6 Å². The van der Waals surface area contributed by atoms with Gasteiger partial charge in [-0.05, 0) is 42.0 Å². The summed E-state index contributed by atoms with van der Waals surface area (Å²) in [6.45, 7) is 1.77. The first kappa shape index (κ1) is 17.8. The lowest BCUT2D eigenvalue weighted by molar-refractivity contribution is -0.133. The van der Waals surface area contributed by atoms with E-state index in [2.05, 4.69) is 5.32 Å². The summed E-state index contributed by atoms with van der Waals surface area (Å²) in [7, 11) is 1.58. The molecule has 5 nitrogen and oxygen atoms in total. The predicted octanol–water partition coefficient (Wildman–Crippen LogP) is 3.34. The number of rotatable bonds is 6. The van der Waals surface area contributed by atoms with E-state index in [4.69, 9.17) is 16.3 Å². The molecular formula is C18H19ClN2O3. The maximum absolute atomic E-state index is 12.2. The van der Waals surface area contributed by atoms with Crippen molar-refractivity contribution in [2.75, 3.05) is 19.0 Å². The number of hydrogen-bond donors (Lipinski definition) is 1. The van der Waals surface area contributed by atoms with Gasteiger partial charge in [0.25, 0.3) is 0 Å². The Kier molecular flexibility index (Phi) is 6.21. The van der Waals surface area contributed by atoms with Crippen molar-refractivity contribution in [1.82, 2.24) is 4.90 Å². The van der Waals surface area contributed by atoms with Crippen LogP contribution >= 0.6 is 11.6 Å². The van der Waals surface area contributed by atoms with E-state index in [0.29, 0.717) is 23.0 Å². The van der Waals surface area contributed by atoms with Crippen molar-refractivity contribution < 1.29 is 14.3 Å². The first-order valence-electron chi connectivity index (χ1n) is 7.42. The number of ether oxygens (including phenoxy) is 1. The molecule has 2 rings (SSSR count). The third-order valence-electron chi connectivity index (χ3n) is 3.44. The minimum Gasteiger partial charge on any atom is -0.497 e. The van der Waals surface area contributed by atoms with Crippen LogP contribution in [0.25, 0.3) is 0 Å². The molecule has 0 radical (unpaired) electrons. The van der Waals surface area contributed by atoms with Gasteiger partial charge in [0.2, 0.25) is 11.8 Å². The van der Waals surface area contributed by atoms with Crippen LogP contribution in [0.15, 0.2) is 48.5 Å². The zero-order valence-electron chi connectivity index (χ0n) is 13.6. The van der Waals surface area contributed by atoms with Crippen LogP contribution in [0.5, 0.6) is 5.75 Å². The molecule has 1 N–H and O–H groups in total. The van der Waals surface area contributed by atoms with Crippen molar-refractivity contribution in [3.05, 3.63) is 59.1 Å². The number of methoxy groups -OCH3 is 1. The largest absolute Gasteiger partial charge is 0.497 e. The Morgan fingerprint density at radius 1 is 1.08 bits per heavy atom. The van der Waals surface area contributed by atoms with E-state index in [-0.39, 0.29) is 18.4 Å². The highest BCUT2D eigenvalue weighted by Crippen LogP contribution is 2.15. The zero-order valence-corrected chi connectivity index (χ0v) is 14.3. The normalized spacial score (nSPS) is 10.1. The molecule has 0 aliphatic carbocycles. The number of benzene rings is 2. The zero-order chi connectivity index (χ0) is 17.5. The Labute approximate surface area is 146 Å². The quantitative estimate of drug-likeness (QED) is 0.872. The highest BCUT2D eigenvalue weighted by Gasteiger charge is 2.14. The van der Waals surface area contributed by atoms with E-state index in [1.165, 1.54) is 11.8 Å². The van der Waals surface area contributed by atoms with E-state index in [1.807, 2.05) is 12.1 Å². The van der Waals surface area contributed by atoms with E-state index in [0.717, 1.165) is 5.56 Å². The molecule has 0 aromatic heterocycles. The average molecular weight is 347 g/mol. The number of anilines is 1. The van der Waals surface area contributed by atoms with Gasteiger partial charge in [-0.2, -0.15) is 0 Å². The molecule has 0 aliphatic heterocycles. The third kappa shape index (κ3) is 5.28. The molecule has 0 aliphatic rings. The van der Waals surface area contributed by atoms with Gasteiger partial charge in [0.1, 0.15) is 12.3 Å². The Morgan fingerprint density at radius 2 is 1.71 bits per heavy atom. The van der Waals surface area contributed by atoms with Gasteiger partial charge in [-0.15, -0.1) is 0 Å². The van der Waals surface area contributed by atoms with E-state index >= 15 is 0 Å². The molecule has 0 heterocycles. The second kappa shape index (κ2) is 8.36. The van der Waals surface area contributed by atoms with E-state index < -0.39 is 0 Å². The number of carbonyl (C=O) groups excluding carboxylic acids is 2. The number of carbonyl (C=O) groups is 2. The lowest BCUT2D eigenvalue weighted by Crippen LogP contribution is -2.36. The summed E-state index contributed by atoms with van der Waals surface area (Å²) in [6, 6.07) is 14.2. The second-order valence-electron chi connectivity index (χ2n) is 5.28. The predicted molar refractivity (Wildman–Crippen MR) is 94.2 cm³/mol. The Hall–Kier alpha value is -2.53. The monoisotopic (exact) mass is 346 g/mol. The smallest absolute Gasteiger partial charge is 0.244 e. The summed E-state index contributed by atoms with van der Waals surface area (Å²) in [5, 5.41) is 3.39. The SMILES string of the molecule is COc1ccc(NC(=O)CN(Cc2ccc(Cl)cc2)C(C)=O)cc1. The Morgan fingerprint density at radius 3 is 2.25 bits per heavy atom. The van der Waals surface area contributed by atoms with Crippen LogP contribution in [0.1, 0.15) is 12.5 Å². The molecule has 2 aromatic rings. The van der Waals surface area contributed by atoms with Gasteiger partial charge in [0.15, 0.2) is 0 Å². The van der Waals surface area contributed by atoms with Crippen LogP contribution in [0.2, 0.25) is 5.02 Å². The van der Waals surface area contributed by atoms with Crippen LogP contribution in [-0.4, -0.2) is 30.4 Å². The van der Waals surface area contributed by atoms with Crippen LogP contribution < -0.4 is 10.1 Å². The molecule has 0 spiro atoms. The van der Waals surface area contributed by atoms with Crippen LogP contribution in [0.4, 0.5) is 5.69 Å². The average Bonchev–Trinajstić information content (AvgIpc) is 2.56. The molecule has 0 atom stereocenters. The lowest BCUT2D eigenvalue weighted by atomic mass is 10.2. The first-order valence-corrected chi connectivity index (χ1v) is 7.79. The van der Waals surface area contributed by atoms with E-state index in [1.54, 1.807) is 43.5 Å². The molecule has 126 valence electrons. The lowest BCUT2D eigenvalue weighted by Gasteiger charge is -2.20. The van der Waals surface area contributed by atoms with Crippen LogP contribution in [0, 0.1) is 0 Å². The molecule has 2 aromatic carbocycles. The fourth-order valence-corrected chi connectivity index (χ4v) is 2.26. The van der Waals surface area contributed by atoms with Gasteiger partial charge in [0, 0.05) is 24.2 Å². The number of hydrogen-bond acceptors (Lipinski definition) is 3. The second-order valence-corrected chi connectivity index (χ2v) is 5.71. The summed E-state index contributed by atoms with van der Waals surface area (Å²) < 4.78 is 5.07. The minimum absolute atomic E-state index is 0.0238. The van der Waals surface area contributed by atoms with Crippen molar-refractivity contribution in [2.24, 2.45) is 0 Å². The highest BCUT2D eigenvalue weighted by molar-refractivity contribution is 6.30. The van der Waals surface area contributed by atoms with Crippen LogP contribution in [0.3, 0.4) is 0 Å². The maximum atomic E-state index is 12.2. The van der Waals surface area contributed by atoms with Crippen molar-refractivity contribution in [2.45, 2.75) is 13.5 Å². The first-order chi connectivity index (χ1) is 11.5. The van der Waals surface area contributed by atoms with Crippen molar-refractivity contribution in [3.63, 3.8) is 0 Å². The molecule has 0 saturated heterocycles. The highest BCUT2D eigenvalue weighted by atomic mass is 35.5. The summed E-state index contributed by atoms with van der Waals surface area (Å²) in [6.07, 6.45) is 0. The summed E-state index contributed by atoms with van der Waals surface area (Å²) in [5.74, 6) is 0.278. The van der Waals surface area contributed by atoms with Crippen molar-refractivity contribution in [3.8, 4) is 5.75 Å². The molecule has 2 amide bonds. The Bertz CT molecular complexity index is 699. The molecular weight excluding hydrogens is 328 g/mol. The molecule has 6 heteroatoms. The van der Waals surface area contributed by atoms with Gasteiger partial charge in [0.05, 0.1) is 7.11 Å². The van der Waals surface area contributed by atoms with Gasteiger partial charge >= 0.3 is 0 Å². The molecule has 0 bridgehead atoms. The van der Waals surface area contributed by atoms with E-state index in [9.17, 15) is 9.59 Å². The summed E-state index contributed by atoms with van der Waals surface area (Å²) in [4.78, 5) is 25.4. The molecule has 24 heavy (non-hydrogen) atoms. The van der Waals surface area contributed by atoms with Crippen molar-refractivity contribution in [1.29, 1.82) is 0 Å². The molecule has 0 saturated carbocycles. The van der Waals surface area contributed by atoms with Gasteiger partial charge in [-0.3, -0.25) is 9.59 Å². The number of amides is 2. The van der Waals surface area contributed by atoms with Gasteiger partial charge < -0.3 is 15.0 Å². The maximum Gasteiger partial charge on any atom is 0.244 e. The van der Waals surface area contributed by atoms with Gasteiger partial charge in [-0.25, -0.2) is 0 Å². The summed E-state index contributed by atoms with van der Waals surface area (Å²) >= 11 is 5.85. The molecule has 0 fully saturated rings. The number of halogens is 1.